The SMILES string of the molecule is CSc1ccc(CCNC(=O)CNC(=O)[C@@]2(C)CN(S(C)(=O)=O)CC(=O)N2C)cc1. The van der Waals surface area contributed by atoms with Crippen molar-refractivity contribution in [1.82, 2.24) is 19.8 Å². The third kappa shape index (κ3) is 5.96. The number of hydrogen-bond acceptors (Lipinski definition) is 6. The van der Waals surface area contributed by atoms with Crippen LogP contribution >= 0.6 is 11.8 Å². The second kappa shape index (κ2) is 9.80. The van der Waals surface area contributed by atoms with Crippen molar-refractivity contribution in [1.29, 1.82) is 0 Å². The number of nitrogens with zero attached hydrogens (tertiary/aromatic N) is 2. The molecule has 0 aromatic heterocycles. The van der Waals surface area contributed by atoms with Gasteiger partial charge in [-0.15, -0.1) is 11.8 Å². The van der Waals surface area contributed by atoms with E-state index >= 15 is 0 Å². The van der Waals surface area contributed by atoms with Crippen molar-refractivity contribution in [2.24, 2.45) is 0 Å². The highest BCUT2D eigenvalue weighted by atomic mass is 32.2. The van der Waals surface area contributed by atoms with Crippen LogP contribution in [0.2, 0.25) is 0 Å². The standard InChI is InChI=1S/C19H28N4O5S2/c1-19(13-23(30(4,27)28)12-17(25)22(19)2)18(26)21-11-16(24)20-10-9-14-5-7-15(29-3)8-6-14/h5-8H,9-13H2,1-4H3,(H,20,24)(H,21,26)/t19-/m1/s1. The van der Waals surface area contributed by atoms with Crippen molar-refractivity contribution in [3.8, 4) is 0 Å². The van der Waals surface area contributed by atoms with E-state index in [0.29, 0.717) is 13.0 Å². The molecule has 0 saturated carbocycles. The van der Waals surface area contributed by atoms with Gasteiger partial charge in [0.15, 0.2) is 0 Å². The van der Waals surface area contributed by atoms with Crippen molar-refractivity contribution in [2.45, 2.75) is 23.8 Å². The minimum Gasteiger partial charge on any atom is -0.354 e. The quantitative estimate of drug-likeness (QED) is 0.518. The van der Waals surface area contributed by atoms with Gasteiger partial charge in [0, 0.05) is 25.0 Å². The van der Waals surface area contributed by atoms with E-state index < -0.39 is 27.4 Å². The van der Waals surface area contributed by atoms with E-state index in [2.05, 4.69) is 10.6 Å². The molecular formula is C19H28N4O5S2. The number of benzene rings is 1. The molecule has 1 heterocycles. The smallest absolute Gasteiger partial charge is 0.247 e. The number of hydrogen-bond donors (Lipinski definition) is 2. The van der Waals surface area contributed by atoms with E-state index in [4.69, 9.17) is 0 Å². The first-order chi connectivity index (χ1) is 14.0. The van der Waals surface area contributed by atoms with Crippen LogP contribution in [0.4, 0.5) is 0 Å². The molecule has 1 atom stereocenters. The van der Waals surface area contributed by atoms with Gasteiger partial charge in [0.05, 0.1) is 19.3 Å². The van der Waals surface area contributed by atoms with Gasteiger partial charge in [0.25, 0.3) is 0 Å². The first kappa shape index (κ1) is 24.2. The van der Waals surface area contributed by atoms with Crippen LogP contribution in [0.5, 0.6) is 0 Å². The Morgan fingerprint density at radius 1 is 1.20 bits per heavy atom. The molecule has 0 spiro atoms. The number of carbonyl (C=O) groups is 3. The summed E-state index contributed by atoms with van der Waals surface area (Å²) >= 11 is 1.66. The summed E-state index contributed by atoms with van der Waals surface area (Å²) in [6.45, 7) is 1.16. The Kier molecular flexibility index (Phi) is 7.89. The monoisotopic (exact) mass is 456 g/mol. The van der Waals surface area contributed by atoms with Crippen LogP contribution < -0.4 is 10.6 Å². The Morgan fingerprint density at radius 2 is 1.83 bits per heavy atom. The third-order valence-corrected chi connectivity index (χ3v) is 7.11. The van der Waals surface area contributed by atoms with Crippen LogP contribution in [-0.4, -0.2) is 86.6 Å². The van der Waals surface area contributed by atoms with Gasteiger partial charge in [-0.2, -0.15) is 4.31 Å². The van der Waals surface area contributed by atoms with E-state index in [1.807, 2.05) is 30.5 Å². The fourth-order valence-corrected chi connectivity index (χ4v) is 4.29. The van der Waals surface area contributed by atoms with E-state index in [9.17, 15) is 22.8 Å². The Labute approximate surface area is 181 Å². The van der Waals surface area contributed by atoms with Crippen molar-refractivity contribution in [3.63, 3.8) is 0 Å². The molecule has 1 aromatic rings. The van der Waals surface area contributed by atoms with Gasteiger partial charge in [0.1, 0.15) is 5.54 Å². The van der Waals surface area contributed by atoms with Crippen LogP contribution in [-0.2, 0) is 30.8 Å². The summed E-state index contributed by atoms with van der Waals surface area (Å²) in [4.78, 5) is 39.4. The van der Waals surface area contributed by atoms with Gasteiger partial charge in [-0.25, -0.2) is 8.42 Å². The molecule has 0 radical (unpaired) electrons. The molecule has 1 aromatic carbocycles. The molecule has 0 bridgehead atoms. The van der Waals surface area contributed by atoms with Gasteiger partial charge in [-0.3, -0.25) is 14.4 Å². The maximum atomic E-state index is 12.7. The van der Waals surface area contributed by atoms with Gasteiger partial charge < -0.3 is 15.5 Å². The topological polar surface area (TPSA) is 116 Å². The summed E-state index contributed by atoms with van der Waals surface area (Å²) < 4.78 is 24.7. The Balaban J connectivity index is 1.86. The number of amides is 3. The fourth-order valence-electron chi connectivity index (χ4n) is 3.05. The molecule has 166 valence electrons. The number of carbonyl (C=O) groups excluding carboxylic acids is 3. The summed E-state index contributed by atoms with van der Waals surface area (Å²) in [6, 6.07) is 8.04. The van der Waals surface area contributed by atoms with Crippen molar-refractivity contribution in [3.05, 3.63) is 29.8 Å². The minimum atomic E-state index is -3.64. The highest BCUT2D eigenvalue weighted by Gasteiger charge is 2.47. The van der Waals surface area contributed by atoms with Crippen LogP contribution in [0.3, 0.4) is 0 Å². The first-order valence-electron chi connectivity index (χ1n) is 9.37. The zero-order chi connectivity index (χ0) is 22.5. The van der Waals surface area contributed by atoms with Crippen LogP contribution in [0, 0.1) is 0 Å². The molecular weight excluding hydrogens is 428 g/mol. The molecule has 1 aliphatic rings. The molecule has 0 unspecified atom stereocenters. The molecule has 3 amide bonds. The van der Waals surface area contributed by atoms with Crippen molar-refractivity contribution < 1.29 is 22.8 Å². The molecule has 30 heavy (non-hydrogen) atoms. The number of piperazine rings is 1. The normalized spacial score (nSPS) is 20.1. The second-order valence-electron chi connectivity index (χ2n) is 7.39. The van der Waals surface area contributed by atoms with Crippen LogP contribution in [0.15, 0.2) is 29.2 Å². The van der Waals surface area contributed by atoms with E-state index in [-0.39, 0.29) is 25.5 Å². The molecule has 2 N–H and O–H groups in total. The second-order valence-corrected chi connectivity index (χ2v) is 10.3. The maximum Gasteiger partial charge on any atom is 0.247 e. The highest BCUT2D eigenvalue weighted by molar-refractivity contribution is 7.98. The summed E-state index contributed by atoms with van der Waals surface area (Å²) in [7, 11) is -2.19. The lowest BCUT2D eigenvalue weighted by molar-refractivity contribution is -0.150. The van der Waals surface area contributed by atoms with Crippen LogP contribution in [0.25, 0.3) is 0 Å². The average molecular weight is 457 g/mol. The number of sulfonamides is 1. The Hall–Kier alpha value is -2.11. The molecule has 9 nitrogen and oxygen atoms in total. The first-order valence-corrected chi connectivity index (χ1v) is 12.4. The predicted molar refractivity (Wildman–Crippen MR) is 116 cm³/mol. The highest BCUT2D eigenvalue weighted by Crippen LogP contribution is 2.22. The number of likely N-dealkylation sites (N-methyl/N-ethyl adjacent to an activating group) is 1. The lowest BCUT2D eigenvalue weighted by Crippen LogP contribution is -2.68. The summed E-state index contributed by atoms with van der Waals surface area (Å²) in [5.41, 5.74) is -0.314. The van der Waals surface area contributed by atoms with Gasteiger partial charge in [0.2, 0.25) is 27.7 Å². The van der Waals surface area contributed by atoms with Crippen molar-refractivity contribution >= 4 is 39.5 Å². The van der Waals surface area contributed by atoms with E-state index in [0.717, 1.165) is 16.1 Å². The zero-order valence-corrected chi connectivity index (χ0v) is 19.2. The summed E-state index contributed by atoms with van der Waals surface area (Å²) in [6.07, 6.45) is 3.66. The predicted octanol–water partition coefficient (Wildman–Crippen LogP) is -0.324. The molecule has 0 aliphatic carbocycles. The zero-order valence-electron chi connectivity index (χ0n) is 17.6. The maximum absolute atomic E-state index is 12.7. The number of thioether (sulfide) groups is 1. The lowest BCUT2D eigenvalue weighted by atomic mass is 9.96. The number of rotatable bonds is 8. The van der Waals surface area contributed by atoms with Gasteiger partial charge in [-0.1, -0.05) is 12.1 Å². The largest absolute Gasteiger partial charge is 0.354 e. The molecule has 1 saturated heterocycles. The molecule has 2 rings (SSSR count). The van der Waals surface area contributed by atoms with Crippen LogP contribution in [0.1, 0.15) is 12.5 Å². The van der Waals surface area contributed by atoms with Gasteiger partial charge in [-0.05, 0) is 37.3 Å². The van der Waals surface area contributed by atoms with Gasteiger partial charge >= 0.3 is 0 Å². The average Bonchev–Trinajstić information content (AvgIpc) is 2.69. The molecule has 1 fully saturated rings. The van der Waals surface area contributed by atoms with Crippen molar-refractivity contribution in [2.75, 3.05) is 45.7 Å². The van der Waals surface area contributed by atoms with E-state index in [1.54, 1.807) is 11.8 Å². The summed E-state index contributed by atoms with van der Waals surface area (Å²) in [5.74, 6) is -1.44. The summed E-state index contributed by atoms with van der Waals surface area (Å²) in [5, 5.41) is 5.25. The Bertz CT molecular complexity index is 904. The number of nitrogens with one attached hydrogen (secondary N) is 2. The third-order valence-electron chi connectivity index (χ3n) is 5.17. The minimum absolute atomic E-state index is 0.173. The Morgan fingerprint density at radius 3 is 2.40 bits per heavy atom. The fraction of sp³-hybridized carbons (Fsp3) is 0.526. The molecule has 1 aliphatic heterocycles. The molecule has 11 heteroatoms. The van der Waals surface area contributed by atoms with E-state index in [1.165, 1.54) is 23.8 Å². The lowest BCUT2D eigenvalue weighted by Gasteiger charge is -2.44.